The van der Waals surface area contributed by atoms with Gasteiger partial charge in [-0.2, -0.15) is 4.31 Å². The highest BCUT2D eigenvalue weighted by atomic mass is 32.2. The fraction of sp³-hybridized carbons (Fsp3) is 0.364. The van der Waals surface area contributed by atoms with Crippen LogP contribution in [0.5, 0.6) is 5.75 Å². The number of benzene rings is 2. The number of nitrogens with one attached hydrogen (secondary N) is 1. The molecule has 2 amide bonds. The summed E-state index contributed by atoms with van der Waals surface area (Å²) in [7, 11) is -3.70. The fourth-order valence-electron chi connectivity index (χ4n) is 3.55. The quantitative estimate of drug-likeness (QED) is 0.645. The van der Waals surface area contributed by atoms with Crippen molar-refractivity contribution in [2.45, 2.75) is 31.1 Å². The number of rotatable bonds is 8. The molecule has 2 aromatic carbocycles. The fourth-order valence-corrected chi connectivity index (χ4v) is 5.07. The van der Waals surface area contributed by atoms with Crippen LogP contribution in [0.4, 0.5) is 5.69 Å². The molecule has 0 saturated carbocycles. The van der Waals surface area contributed by atoms with Crippen LogP contribution in [0, 0.1) is 5.92 Å². The predicted octanol–water partition coefficient (Wildman–Crippen LogP) is 2.15. The minimum atomic E-state index is -3.70. The SMILES string of the molecule is CCOc1ccc(S(=O)(=O)N2CCC[C@@H](C(=O)Nc3ccc(CC(N)=O)cc3)C2)cc1. The van der Waals surface area contributed by atoms with Crippen LogP contribution in [-0.4, -0.2) is 44.2 Å². The number of carbonyl (C=O) groups is 2. The molecule has 1 saturated heterocycles. The lowest BCUT2D eigenvalue weighted by atomic mass is 9.98. The third-order valence-electron chi connectivity index (χ3n) is 5.13. The van der Waals surface area contributed by atoms with Gasteiger partial charge in [-0.05, 0) is 61.7 Å². The first kappa shape index (κ1) is 22.8. The minimum absolute atomic E-state index is 0.126. The Morgan fingerprint density at radius 1 is 1.13 bits per heavy atom. The van der Waals surface area contributed by atoms with Gasteiger partial charge in [0.2, 0.25) is 21.8 Å². The summed E-state index contributed by atoms with van der Waals surface area (Å²) in [6.45, 7) is 2.87. The predicted molar refractivity (Wildman–Crippen MR) is 117 cm³/mol. The van der Waals surface area contributed by atoms with E-state index in [-0.39, 0.29) is 23.8 Å². The maximum atomic E-state index is 13.0. The molecular weight excluding hydrogens is 418 g/mol. The molecule has 3 N–H and O–H groups in total. The summed E-state index contributed by atoms with van der Waals surface area (Å²) in [5.41, 5.74) is 6.53. The largest absolute Gasteiger partial charge is 0.494 e. The number of piperidine rings is 1. The van der Waals surface area contributed by atoms with Crippen molar-refractivity contribution in [1.29, 1.82) is 0 Å². The molecule has 1 aliphatic rings. The van der Waals surface area contributed by atoms with Crippen LogP contribution in [0.2, 0.25) is 0 Å². The summed E-state index contributed by atoms with van der Waals surface area (Å²) in [6.07, 6.45) is 1.35. The number of sulfonamides is 1. The number of nitrogens with zero attached hydrogens (tertiary/aromatic N) is 1. The molecule has 2 aromatic rings. The zero-order valence-electron chi connectivity index (χ0n) is 17.4. The van der Waals surface area contributed by atoms with E-state index in [4.69, 9.17) is 10.5 Å². The molecule has 0 bridgehead atoms. The van der Waals surface area contributed by atoms with Gasteiger partial charge < -0.3 is 15.8 Å². The van der Waals surface area contributed by atoms with Crippen molar-refractivity contribution in [3.63, 3.8) is 0 Å². The van der Waals surface area contributed by atoms with Crippen molar-refractivity contribution in [3.05, 3.63) is 54.1 Å². The van der Waals surface area contributed by atoms with E-state index >= 15 is 0 Å². The monoisotopic (exact) mass is 445 g/mol. The van der Waals surface area contributed by atoms with Crippen LogP contribution in [0.1, 0.15) is 25.3 Å². The van der Waals surface area contributed by atoms with Crippen LogP contribution in [-0.2, 0) is 26.0 Å². The molecule has 0 spiro atoms. The van der Waals surface area contributed by atoms with Crippen molar-refractivity contribution in [1.82, 2.24) is 4.31 Å². The van der Waals surface area contributed by atoms with Crippen molar-refractivity contribution in [3.8, 4) is 5.75 Å². The summed E-state index contributed by atoms with van der Waals surface area (Å²) in [5.74, 6) is -0.488. The highest BCUT2D eigenvalue weighted by Crippen LogP contribution is 2.26. The molecule has 0 aromatic heterocycles. The number of hydrogen-bond acceptors (Lipinski definition) is 5. The number of amides is 2. The number of ether oxygens (including phenoxy) is 1. The number of anilines is 1. The third kappa shape index (κ3) is 5.83. The number of carbonyl (C=O) groups excluding carboxylic acids is 2. The lowest BCUT2D eigenvalue weighted by molar-refractivity contribution is -0.121. The average molecular weight is 446 g/mol. The summed E-state index contributed by atoms with van der Waals surface area (Å²) in [5, 5.41) is 2.83. The molecular formula is C22H27N3O5S. The van der Waals surface area contributed by atoms with E-state index in [0.717, 1.165) is 5.56 Å². The topological polar surface area (TPSA) is 119 Å². The molecule has 1 fully saturated rings. The van der Waals surface area contributed by atoms with E-state index in [1.807, 2.05) is 6.92 Å². The molecule has 0 radical (unpaired) electrons. The van der Waals surface area contributed by atoms with Crippen LogP contribution >= 0.6 is 0 Å². The molecule has 0 aliphatic carbocycles. The first-order valence-corrected chi connectivity index (χ1v) is 11.6. The van der Waals surface area contributed by atoms with Gasteiger partial charge in [0.25, 0.3) is 0 Å². The Labute approximate surface area is 182 Å². The van der Waals surface area contributed by atoms with E-state index in [1.54, 1.807) is 36.4 Å². The maximum absolute atomic E-state index is 13.0. The Bertz CT molecular complexity index is 1020. The zero-order valence-corrected chi connectivity index (χ0v) is 18.2. The second-order valence-electron chi connectivity index (χ2n) is 7.44. The van der Waals surface area contributed by atoms with Crippen molar-refractivity contribution >= 4 is 27.5 Å². The highest BCUT2D eigenvalue weighted by molar-refractivity contribution is 7.89. The van der Waals surface area contributed by atoms with E-state index in [2.05, 4.69) is 5.32 Å². The van der Waals surface area contributed by atoms with Gasteiger partial charge in [0, 0.05) is 18.8 Å². The lowest BCUT2D eigenvalue weighted by Gasteiger charge is -2.31. The Hall–Kier alpha value is -2.91. The zero-order chi connectivity index (χ0) is 22.4. The smallest absolute Gasteiger partial charge is 0.243 e. The van der Waals surface area contributed by atoms with Crippen LogP contribution in [0.15, 0.2) is 53.4 Å². The number of primary amides is 1. The van der Waals surface area contributed by atoms with Crippen molar-refractivity contribution in [2.24, 2.45) is 11.7 Å². The van der Waals surface area contributed by atoms with Gasteiger partial charge in [-0.25, -0.2) is 8.42 Å². The van der Waals surface area contributed by atoms with E-state index in [1.165, 1.54) is 16.4 Å². The Kier molecular flexibility index (Phi) is 7.29. The third-order valence-corrected chi connectivity index (χ3v) is 7.01. The van der Waals surface area contributed by atoms with Gasteiger partial charge in [-0.1, -0.05) is 12.1 Å². The molecule has 1 atom stereocenters. The first-order valence-electron chi connectivity index (χ1n) is 10.2. The van der Waals surface area contributed by atoms with Gasteiger partial charge >= 0.3 is 0 Å². The molecule has 1 heterocycles. The second-order valence-corrected chi connectivity index (χ2v) is 9.37. The first-order chi connectivity index (χ1) is 14.8. The summed E-state index contributed by atoms with van der Waals surface area (Å²) >= 11 is 0. The van der Waals surface area contributed by atoms with E-state index in [0.29, 0.717) is 37.4 Å². The molecule has 3 rings (SSSR count). The second kappa shape index (κ2) is 9.93. The van der Waals surface area contributed by atoms with E-state index in [9.17, 15) is 18.0 Å². The van der Waals surface area contributed by atoms with E-state index < -0.39 is 21.8 Å². The molecule has 1 aliphatic heterocycles. The maximum Gasteiger partial charge on any atom is 0.243 e. The Morgan fingerprint density at radius 2 is 1.81 bits per heavy atom. The van der Waals surface area contributed by atoms with Crippen LogP contribution < -0.4 is 15.8 Å². The molecule has 31 heavy (non-hydrogen) atoms. The van der Waals surface area contributed by atoms with Crippen molar-refractivity contribution in [2.75, 3.05) is 25.0 Å². The average Bonchev–Trinajstić information content (AvgIpc) is 2.75. The number of nitrogens with two attached hydrogens (primary N) is 1. The molecule has 0 unspecified atom stereocenters. The standard InChI is InChI=1S/C22H27N3O5S/c1-2-30-19-9-11-20(12-10-19)31(28,29)25-13-3-4-17(15-25)22(27)24-18-7-5-16(6-8-18)14-21(23)26/h5-12,17H,2-4,13-15H2,1H3,(H2,23,26)(H,24,27)/t17-/m1/s1. The minimum Gasteiger partial charge on any atom is -0.494 e. The lowest BCUT2D eigenvalue weighted by Crippen LogP contribution is -2.43. The van der Waals surface area contributed by atoms with Crippen LogP contribution in [0.25, 0.3) is 0 Å². The summed E-state index contributed by atoms with van der Waals surface area (Å²) < 4.78 is 32.8. The van der Waals surface area contributed by atoms with Gasteiger partial charge in [-0.15, -0.1) is 0 Å². The Balaban J connectivity index is 1.65. The van der Waals surface area contributed by atoms with Gasteiger partial charge in [-0.3, -0.25) is 9.59 Å². The molecule has 8 nitrogen and oxygen atoms in total. The van der Waals surface area contributed by atoms with Gasteiger partial charge in [0.15, 0.2) is 0 Å². The summed E-state index contributed by atoms with van der Waals surface area (Å²) in [4.78, 5) is 23.9. The van der Waals surface area contributed by atoms with Crippen LogP contribution in [0.3, 0.4) is 0 Å². The van der Waals surface area contributed by atoms with Crippen molar-refractivity contribution < 1.29 is 22.7 Å². The Morgan fingerprint density at radius 3 is 2.42 bits per heavy atom. The normalized spacial score (nSPS) is 17.1. The highest BCUT2D eigenvalue weighted by Gasteiger charge is 2.33. The number of hydrogen-bond donors (Lipinski definition) is 2. The van der Waals surface area contributed by atoms with Gasteiger partial charge in [0.1, 0.15) is 5.75 Å². The van der Waals surface area contributed by atoms with Gasteiger partial charge in [0.05, 0.1) is 23.8 Å². The molecule has 166 valence electrons. The summed E-state index contributed by atoms with van der Waals surface area (Å²) in [6, 6.07) is 13.2. The molecule has 9 heteroatoms.